The zero-order valence-corrected chi connectivity index (χ0v) is 12.4. The van der Waals surface area contributed by atoms with Gasteiger partial charge in [0.1, 0.15) is 5.01 Å². The molecule has 0 spiro atoms. The normalized spacial score (nSPS) is 11.1. The molecule has 0 fully saturated rings. The number of rotatable bonds is 5. The van der Waals surface area contributed by atoms with Crippen molar-refractivity contribution in [3.05, 3.63) is 53.5 Å². The molecular weight excluding hydrogens is 264 g/mol. The summed E-state index contributed by atoms with van der Waals surface area (Å²) in [5.41, 5.74) is 1.23. The van der Waals surface area contributed by atoms with Gasteiger partial charge in [0.15, 0.2) is 0 Å². The Morgan fingerprint density at radius 3 is 2.85 bits per heavy atom. The van der Waals surface area contributed by atoms with Crippen LogP contribution in [-0.4, -0.2) is 11.5 Å². The van der Waals surface area contributed by atoms with Crippen LogP contribution in [0, 0.1) is 0 Å². The van der Waals surface area contributed by atoms with Crippen LogP contribution in [0.15, 0.2) is 48.7 Å². The van der Waals surface area contributed by atoms with Crippen LogP contribution in [0.3, 0.4) is 0 Å². The molecule has 0 bridgehead atoms. The minimum Gasteiger partial charge on any atom is -0.312 e. The van der Waals surface area contributed by atoms with E-state index in [9.17, 15) is 0 Å². The second-order valence-corrected chi connectivity index (χ2v) is 5.95. The van der Waals surface area contributed by atoms with Crippen molar-refractivity contribution in [1.29, 1.82) is 0 Å². The molecule has 3 aromatic rings. The molecular formula is C17H18N2S. The molecule has 0 aliphatic heterocycles. The first-order chi connectivity index (χ1) is 9.88. The van der Waals surface area contributed by atoms with Gasteiger partial charge in [0, 0.05) is 23.2 Å². The van der Waals surface area contributed by atoms with Gasteiger partial charge in [-0.05, 0) is 23.7 Å². The summed E-state index contributed by atoms with van der Waals surface area (Å²) in [6.07, 6.45) is 3.15. The largest absolute Gasteiger partial charge is 0.312 e. The van der Waals surface area contributed by atoms with E-state index in [4.69, 9.17) is 0 Å². The molecule has 1 aromatic heterocycles. The molecule has 102 valence electrons. The summed E-state index contributed by atoms with van der Waals surface area (Å²) in [6, 6.07) is 14.9. The minimum absolute atomic E-state index is 0.913. The van der Waals surface area contributed by atoms with Gasteiger partial charge in [0.05, 0.1) is 0 Å². The van der Waals surface area contributed by atoms with Gasteiger partial charge in [-0.2, -0.15) is 0 Å². The van der Waals surface area contributed by atoms with Gasteiger partial charge in [-0.3, -0.25) is 0 Å². The predicted octanol–water partition coefficient (Wildman–Crippen LogP) is 4.46. The van der Waals surface area contributed by atoms with Crippen molar-refractivity contribution in [1.82, 2.24) is 10.3 Å². The Balaban J connectivity index is 1.91. The molecule has 0 saturated carbocycles. The number of hydrogen-bond acceptors (Lipinski definition) is 3. The average molecular weight is 282 g/mol. The van der Waals surface area contributed by atoms with Crippen molar-refractivity contribution in [2.45, 2.75) is 19.9 Å². The highest BCUT2D eigenvalue weighted by Crippen LogP contribution is 2.31. The Morgan fingerprint density at radius 1 is 1.10 bits per heavy atom. The van der Waals surface area contributed by atoms with E-state index < -0.39 is 0 Å². The molecule has 0 atom stereocenters. The number of benzene rings is 2. The van der Waals surface area contributed by atoms with Crippen molar-refractivity contribution in [3.63, 3.8) is 0 Å². The lowest BCUT2D eigenvalue weighted by atomic mass is 10.1. The summed E-state index contributed by atoms with van der Waals surface area (Å²) < 4.78 is 0. The highest BCUT2D eigenvalue weighted by Gasteiger charge is 2.07. The van der Waals surface area contributed by atoms with E-state index in [1.54, 1.807) is 11.3 Å². The second kappa shape index (κ2) is 6.16. The quantitative estimate of drug-likeness (QED) is 0.699. The number of nitrogens with one attached hydrogen (secondary N) is 1. The van der Waals surface area contributed by atoms with E-state index in [2.05, 4.69) is 59.7 Å². The van der Waals surface area contributed by atoms with Gasteiger partial charge in [-0.1, -0.05) is 49.4 Å². The van der Waals surface area contributed by atoms with E-state index in [0.29, 0.717) is 0 Å². The molecule has 0 saturated heterocycles. The predicted molar refractivity (Wildman–Crippen MR) is 87.1 cm³/mol. The third-order valence-corrected chi connectivity index (χ3v) is 4.33. The molecule has 0 unspecified atom stereocenters. The Morgan fingerprint density at radius 2 is 1.95 bits per heavy atom. The average Bonchev–Trinajstić information content (AvgIpc) is 2.96. The van der Waals surface area contributed by atoms with Gasteiger partial charge in [-0.25, -0.2) is 4.98 Å². The van der Waals surface area contributed by atoms with Gasteiger partial charge < -0.3 is 5.32 Å². The van der Waals surface area contributed by atoms with Crippen molar-refractivity contribution in [2.24, 2.45) is 0 Å². The zero-order valence-electron chi connectivity index (χ0n) is 11.6. The molecule has 0 aliphatic rings. The summed E-state index contributed by atoms with van der Waals surface area (Å²) >= 11 is 1.78. The summed E-state index contributed by atoms with van der Waals surface area (Å²) in [4.78, 5) is 5.89. The molecule has 2 aromatic carbocycles. The fourth-order valence-electron chi connectivity index (χ4n) is 2.31. The Hall–Kier alpha value is -1.71. The van der Waals surface area contributed by atoms with Crippen LogP contribution in [0.4, 0.5) is 0 Å². The Bertz CT molecular complexity index is 698. The summed E-state index contributed by atoms with van der Waals surface area (Å²) in [5, 5.41) is 7.07. The number of thiazole rings is 1. The second-order valence-electron chi connectivity index (χ2n) is 4.84. The van der Waals surface area contributed by atoms with Crippen molar-refractivity contribution in [3.8, 4) is 10.6 Å². The fourth-order valence-corrected chi connectivity index (χ4v) is 3.24. The molecule has 2 nitrogen and oxygen atoms in total. The fraction of sp³-hybridized carbons (Fsp3) is 0.235. The van der Waals surface area contributed by atoms with Crippen LogP contribution >= 0.6 is 11.3 Å². The van der Waals surface area contributed by atoms with Crippen LogP contribution in [0.5, 0.6) is 0 Å². The van der Waals surface area contributed by atoms with Gasteiger partial charge in [0.2, 0.25) is 0 Å². The van der Waals surface area contributed by atoms with Crippen molar-refractivity contribution in [2.75, 3.05) is 6.54 Å². The molecule has 3 heteroatoms. The van der Waals surface area contributed by atoms with Gasteiger partial charge in [0.25, 0.3) is 0 Å². The molecule has 1 heterocycles. The first-order valence-electron chi connectivity index (χ1n) is 7.02. The first kappa shape index (κ1) is 13.3. The topological polar surface area (TPSA) is 24.9 Å². The van der Waals surface area contributed by atoms with Crippen LogP contribution in [-0.2, 0) is 6.54 Å². The molecule has 0 aliphatic carbocycles. The van der Waals surface area contributed by atoms with Crippen LogP contribution < -0.4 is 5.32 Å². The van der Waals surface area contributed by atoms with Gasteiger partial charge >= 0.3 is 0 Å². The summed E-state index contributed by atoms with van der Waals surface area (Å²) in [6.45, 7) is 4.15. The lowest BCUT2D eigenvalue weighted by molar-refractivity contribution is 0.681. The maximum Gasteiger partial charge on any atom is 0.124 e. The highest BCUT2D eigenvalue weighted by molar-refractivity contribution is 7.15. The molecule has 3 rings (SSSR count). The van der Waals surface area contributed by atoms with Crippen LogP contribution in [0.25, 0.3) is 21.3 Å². The van der Waals surface area contributed by atoms with Crippen LogP contribution in [0.2, 0.25) is 0 Å². The lowest BCUT2D eigenvalue weighted by Gasteiger charge is -2.03. The van der Waals surface area contributed by atoms with E-state index in [0.717, 1.165) is 24.5 Å². The Kier molecular flexibility index (Phi) is 4.09. The van der Waals surface area contributed by atoms with E-state index in [-0.39, 0.29) is 0 Å². The lowest BCUT2D eigenvalue weighted by Crippen LogP contribution is -2.12. The van der Waals surface area contributed by atoms with E-state index in [1.165, 1.54) is 21.2 Å². The zero-order chi connectivity index (χ0) is 13.8. The number of nitrogens with zero attached hydrogens (tertiary/aromatic N) is 1. The monoisotopic (exact) mass is 282 g/mol. The summed E-state index contributed by atoms with van der Waals surface area (Å²) in [7, 11) is 0. The molecule has 20 heavy (non-hydrogen) atoms. The smallest absolute Gasteiger partial charge is 0.124 e. The third kappa shape index (κ3) is 2.74. The SMILES string of the molecule is CCCNCc1cnc(-c2cccc3ccccc23)s1. The molecule has 1 N–H and O–H groups in total. The first-order valence-corrected chi connectivity index (χ1v) is 7.83. The third-order valence-electron chi connectivity index (χ3n) is 3.30. The van der Waals surface area contributed by atoms with Crippen molar-refractivity contribution >= 4 is 22.1 Å². The minimum atomic E-state index is 0.913. The van der Waals surface area contributed by atoms with E-state index in [1.807, 2.05) is 6.20 Å². The number of hydrogen-bond donors (Lipinski definition) is 1. The summed E-state index contributed by atoms with van der Waals surface area (Å²) in [5.74, 6) is 0. The highest BCUT2D eigenvalue weighted by atomic mass is 32.1. The van der Waals surface area contributed by atoms with Gasteiger partial charge in [-0.15, -0.1) is 11.3 Å². The molecule has 0 amide bonds. The maximum atomic E-state index is 4.59. The molecule has 0 radical (unpaired) electrons. The number of aromatic nitrogens is 1. The standard InChI is InChI=1S/C17H18N2S/c1-2-10-18-11-14-12-19-17(20-14)16-9-5-7-13-6-3-4-8-15(13)16/h3-9,12,18H,2,10-11H2,1H3. The Labute approximate surface area is 123 Å². The van der Waals surface area contributed by atoms with Crippen molar-refractivity contribution < 1.29 is 0 Å². The maximum absolute atomic E-state index is 4.59. The van der Waals surface area contributed by atoms with Crippen LogP contribution in [0.1, 0.15) is 18.2 Å². The number of fused-ring (bicyclic) bond motifs is 1. The van der Waals surface area contributed by atoms with E-state index >= 15 is 0 Å².